The van der Waals surface area contributed by atoms with Crippen molar-refractivity contribution < 1.29 is 9.53 Å². The number of H-pyrrole nitrogens is 1. The van der Waals surface area contributed by atoms with Crippen LogP contribution in [0, 0.1) is 5.92 Å². The fraction of sp³-hybridized carbons (Fsp3) is 0.409. The number of ether oxygens (including phenoxy) is 1. The number of benzene rings is 1. The van der Waals surface area contributed by atoms with Gasteiger partial charge in [-0.15, -0.1) is 0 Å². The number of para-hydroxylation sites is 2. The summed E-state index contributed by atoms with van der Waals surface area (Å²) in [5.41, 5.74) is 0.415. The van der Waals surface area contributed by atoms with Gasteiger partial charge in [0.05, 0.1) is 17.0 Å². The molecule has 0 unspecified atom stereocenters. The van der Waals surface area contributed by atoms with Gasteiger partial charge in [0.15, 0.2) is 11.5 Å². The first-order valence-corrected chi connectivity index (χ1v) is 10.4. The summed E-state index contributed by atoms with van der Waals surface area (Å²) >= 11 is 0. The maximum atomic E-state index is 12.3. The van der Waals surface area contributed by atoms with Gasteiger partial charge in [-0.25, -0.2) is 9.78 Å². The van der Waals surface area contributed by atoms with E-state index in [1.807, 2.05) is 35.8 Å². The van der Waals surface area contributed by atoms with E-state index >= 15 is 0 Å². The van der Waals surface area contributed by atoms with Gasteiger partial charge in [0, 0.05) is 13.1 Å². The molecule has 162 valence electrons. The molecule has 0 atom stereocenters. The quantitative estimate of drug-likeness (QED) is 0.378. The SMILES string of the molecule is C/C=C(/C)OC(=O)C1CCN(CCn2c3nc(=O)[nH]c(=O)c-3nc3ccccc32)CC1. The Morgan fingerprint density at radius 3 is 2.68 bits per heavy atom. The fourth-order valence-corrected chi connectivity index (χ4v) is 3.91. The molecule has 3 heterocycles. The molecule has 0 aliphatic carbocycles. The van der Waals surface area contributed by atoms with E-state index in [1.54, 1.807) is 13.0 Å². The van der Waals surface area contributed by atoms with Crippen LogP contribution >= 0.6 is 0 Å². The summed E-state index contributed by atoms with van der Waals surface area (Å²) in [4.78, 5) is 49.2. The number of hydrogen-bond acceptors (Lipinski definition) is 7. The summed E-state index contributed by atoms with van der Waals surface area (Å²) < 4.78 is 7.22. The number of piperidine rings is 1. The molecule has 9 nitrogen and oxygen atoms in total. The van der Waals surface area contributed by atoms with Crippen molar-refractivity contribution in [3.63, 3.8) is 0 Å². The van der Waals surface area contributed by atoms with Crippen molar-refractivity contribution in [1.82, 2.24) is 24.4 Å². The Hall–Kier alpha value is -3.33. The summed E-state index contributed by atoms with van der Waals surface area (Å²) in [5, 5.41) is 0. The van der Waals surface area contributed by atoms with Crippen LogP contribution in [0.15, 0.2) is 45.7 Å². The molecule has 1 N–H and O–H groups in total. The number of carbonyl (C=O) groups excluding carboxylic acids is 1. The Kier molecular flexibility index (Phi) is 5.94. The van der Waals surface area contributed by atoms with E-state index in [9.17, 15) is 14.4 Å². The molecule has 31 heavy (non-hydrogen) atoms. The summed E-state index contributed by atoms with van der Waals surface area (Å²) in [6.45, 7) is 6.41. The van der Waals surface area contributed by atoms with Gasteiger partial charge >= 0.3 is 11.7 Å². The molecule has 0 bridgehead atoms. The predicted molar refractivity (Wildman–Crippen MR) is 116 cm³/mol. The number of nitrogens with one attached hydrogen (secondary N) is 1. The number of nitrogens with zero attached hydrogens (tertiary/aromatic N) is 4. The topological polar surface area (TPSA) is 110 Å². The Bertz CT molecular complexity index is 1220. The van der Waals surface area contributed by atoms with Gasteiger partial charge in [0.25, 0.3) is 5.56 Å². The molecule has 1 aromatic rings. The lowest BCUT2D eigenvalue weighted by atomic mass is 9.97. The molecule has 3 aliphatic rings. The van der Waals surface area contributed by atoms with Crippen LogP contribution in [0.3, 0.4) is 0 Å². The third-order valence-electron chi connectivity index (χ3n) is 5.74. The second-order valence-corrected chi connectivity index (χ2v) is 7.73. The van der Waals surface area contributed by atoms with Gasteiger partial charge in [0.2, 0.25) is 0 Å². The average Bonchev–Trinajstić information content (AvgIpc) is 2.77. The zero-order valence-electron chi connectivity index (χ0n) is 17.6. The van der Waals surface area contributed by atoms with E-state index in [4.69, 9.17) is 4.74 Å². The fourth-order valence-electron chi connectivity index (χ4n) is 3.91. The highest BCUT2D eigenvalue weighted by molar-refractivity contribution is 5.79. The lowest BCUT2D eigenvalue weighted by Gasteiger charge is -2.31. The van der Waals surface area contributed by atoms with Crippen molar-refractivity contribution >= 4 is 17.0 Å². The van der Waals surface area contributed by atoms with Crippen molar-refractivity contribution in [2.45, 2.75) is 33.2 Å². The summed E-state index contributed by atoms with van der Waals surface area (Å²) in [7, 11) is 0. The number of aromatic amines is 1. The number of esters is 1. The number of fused-ring (bicyclic) bond motifs is 2. The summed E-state index contributed by atoms with van der Waals surface area (Å²) in [6, 6.07) is 7.48. The number of aromatic nitrogens is 4. The highest BCUT2D eigenvalue weighted by Gasteiger charge is 2.27. The smallest absolute Gasteiger partial charge is 0.349 e. The van der Waals surface area contributed by atoms with Gasteiger partial charge in [-0.2, -0.15) is 4.98 Å². The van der Waals surface area contributed by atoms with E-state index in [1.165, 1.54) is 0 Å². The second kappa shape index (κ2) is 8.81. The van der Waals surface area contributed by atoms with Crippen LogP contribution in [0.5, 0.6) is 0 Å². The molecule has 0 amide bonds. The largest absolute Gasteiger partial charge is 0.432 e. The first-order valence-electron chi connectivity index (χ1n) is 10.4. The van der Waals surface area contributed by atoms with Crippen LogP contribution in [-0.4, -0.2) is 50.0 Å². The standard InChI is InChI=1S/C22H25N5O4/c1-3-14(2)31-21(29)15-8-10-26(11-9-15)12-13-27-17-7-5-4-6-16(17)23-18-19(27)24-22(30)25-20(18)28/h3-7,15H,8-13H2,1-2H3,(H,25,28,30)/b14-3-. The van der Waals surface area contributed by atoms with Crippen LogP contribution in [0.25, 0.3) is 22.6 Å². The number of rotatable bonds is 5. The highest BCUT2D eigenvalue weighted by atomic mass is 16.5. The molecule has 0 aromatic heterocycles. The van der Waals surface area contributed by atoms with Crippen molar-refractivity contribution in [2.75, 3.05) is 19.6 Å². The molecular weight excluding hydrogens is 398 g/mol. The number of likely N-dealkylation sites (tertiary alicyclic amines) is 1. The summed E-state index contributed by atoms with van der Waals surface area (Å²) in [6.07, 6.45) is 3.25. The molecule has 0 saturated carbocycles. The number of hydrogen-bond donors (Lipinski definition) is 1. The maximum absolute atomic E-state index is 12.3. The summed E-state index contributed by atoms with van der Waals surface area (Å²) in [5.74, 6) is 0.653. The van der Waals surface area contributed by atoms with E-state index in [0.717, 1.165) is 31.4 Å². The zero-order valence-corrected chi connectivity index (χ0v) is 17.6. The van der Waals surface area contributed by atoms with Crippen LogP contribution in [-0.2, 0) is 16.1 Å². The Balaban J connectivity index is 1.51. The van der Waals surface area contributed by atoms with Crippen LogP contribution in [0.1, 0.15) is 26.7 Å². The van der Waals surface area contributed by atoms with Gasteiger partial charge in [0.1, 0.15) is 5.76 Å². The van der Waals surface area contributed by atoms with E-state index in [0.29, 0.717) is 24.4 Å². The predicted octanol–water partition coefficient (Wildman–Crippen LogP) is 1.76. The maximum Gasteiger partial charge on any atom is 0.349 e. The molecule has 0 radical (unpaired) electrons. The van der Waals surface area contributed by atoms with Crippen molar-refractivity contribution in [3.05, 3.63) is 56.9 Å². The first kappa shape index (κ1) is 20.9. The molecule has 3 aliphatic heterocycles. The highest BCUT2D eigenvalue weighted by Crippen LogP contribution is 2.22. The monoisotopic (exact) mass is 423 g/mol. The van der Waals surface area contributed by atoms with E-state index in [-0.39, 0.29) is 23.4 Å². The van der Waals surface area contributed by atoms with Gasteiger partial charge in [-0.05, 0) is 58.0 Å². The first-order chi connectivity index (χ1) is 15.0. The molecule has 1 saturated heterocycles. The third-order valence-corrected chi connectivity index (χ3v) is 5.74. The molecule has 0 spiro atoms. The molecule has 4 rings (SSSR count). The number of carbonyl (C=O) groups is 1. The zero-order chi connectivity index (χ0) is 22.0. The van der Waals surface area contributed by atoms with Crippen molar-refractivity contribution in [3.8, 4) is 11.5 Å². The van der Waals surface area contributed by atoms with Crippen LogP contribution < -0.4 is 11.2 Å². The van der Waals surface area contributed by atoms with Crippen LogP contribution in [0.2, 0.25) is 0 Å². The molecule has 1 fully saturated rings. The van der Waals surface area contributed by atoms with Gasteiger partial charge in [-0.1, -0.05) is 12.1 Å². The minimum Gasteiger partial charge on any atom is -0.432 e. The molecule has 1 aromatic carbocycles. The minimum absolute atomic E-state index is 0.0929. The molecule has 9 heteroatoms. The van der Waals surface area contributed by atoms with Crippen LogP contribution in [0.4, 0.5) is 0 Å². The lowest BCUT2D eigenvalue weighted by molar-refractivity contribution is -0.145. The Labute approximate surface area is 178 Å². The van der Waals surface area contributed by atoms with Gasteiger partial charge in [-0.3, -0.25) is 14.6 Å². The average molecular weight is 423 g/mol. The number of allylic oxidation sites excluding steroid dienone is 2. The Morgan fingerprint density at radius 1 is 1.19 bits per heavy atom. The normalized spacial score (nSPS) is 16.1. The van der Waals surface area contributed by atoms with E-state index in [2.05, 4.69) is 19.9 Å². The van der Waals surface area contributed by atoms with Crippen molar-refractivity contribution in [1.29, 1.82) is 0 Å². The van der Waals surface area contributed by atoms with E-state index < -0.39 is 11.2 Å². The van der Waals surface area contributed by atoms with Crippen molar-refractivity contribution in [2.24, 2.45) is 5.92 Å². The second-order valence-electron chi connectivity index (χ2n) is 7.73. The Morgan fingerprint density at radius 2 is 1.94 bits per heavy atom. The third kappa shape index (κ3) is 4.41. The lowest BCUT2D eigenvalue weighted by Crippen LogP contribution is -2.39. The van der Waals surface area contributed by atoms with Gasteiger partial charge < -0.3 is 14.2 Å². The minimum atomic E-state index is -0.681. The molecular formula is C22H25N5O4.